The summed E-state index contributed by atoms with van der Waals surface area (Å²) in [5.41, 5.74) is 2.01. The smallest absolute Gasteiger partial charge is 0.309 e. The van der Waals surface area contributed by atoms with E-state index in [-0.39, 0.29) is 5.56 Å². The number of nitrogens with one attached hydrogen (secondary N) is 1. The van der Waals surface area contributed by atoms with Gasteiger partial charge in [0, 0.05) is 18.7 Å². The third-order valence-corrected chi connectivity index (χ3v) is 3.44. The third-order valence-electron chi connectivity index (χ3n) is 3.44. The van der Waals surface area contributed by atoms with Crippen LogP contribution in [0.5, 0.6) is 0 Å². The van der Waals surface area contributed by atoms with Crippen LogP contribution in [0.1, 0.15) is 16.7 Å². The van der Waals surface area contributed by atoms with Crippen LogP contribution in [0.2, 0.25) is 0 Å². The molecule has 5 heteroatoms. The third kappa shape index (κ3) is 2.29. The summed E-state index contributed by atoms with van der Waals surface area (Å²) in [7, 11) is 0. The largest absolute Gasteiger partial charge is 0.416 e. The lowest BCUT2D eigenvalue weighted by molar-refractivity contribution is -0.137. The standard InChI is InChI=1S/C15H11F4N/c16-14-6-12(15(17,18)19)3-4-13(14)9-1-2-10-7-20-8-11(10)5-9/h1-6,20H,7-8H2. The molecule has 0 atom stereocenters. The second-order valence-corrected chi connectivity index (χ2v) is 4.78. The van der Waals surface area contributed by atoms with E-state index in [1.165, 1.54) is 6.07 Å². The van der Waals surface area contributed by atoms with Gasteiger partial charge >= 0.3 is 6.18 Å². The normalized spacial score (nSPS) is 14.4. The Bertz CT molecular complexity index is 661. The maximum absolute atomic E-state index is 13.9. The van der Waals surface area contributed by atoms with Crippen LogP contribution in [-0.4, -0.2) is 0 Å². The number of benzene rings is 2. The molecule has 0 amide bonds. The van der Waals surface area contributed by atoms with Gasteiger partial charge in [-0.25, -0.2) is 4.39 Å². The molecule has 0 saturated carbocycles. The van der Waals surface area contributed by atoms with Gasteiger partial charge in [-0.05, 0) is 34.9 Å². The fourth-order valence-corrected chi connectivity index (χ4v) is 2.39. The Morgan fingerprint density at radius 2 is 1.65 bits per heavy atom. The van der Waals surface area contributed by atoms with Gasteiger partial charge < -0.3 is 5.32 Å². The van der Waals surface area contributed by atoms with Gasteiger partial charge in [-0.1, -0.05) is 18.2 Å². The molecular weight excluding hydrogens is 270 g/mol. The minimum absolute atomic E-state index is 0.188. The summed E-state index contributed by atoms with van der Waals surface area (Å²) in [5, 5.41) is 3.17. The number of rotatable bonds is 1. The highest BCUT2D eigenvalue weighted by atomic mass is 19.4. The van der Waals surface area contributed by atoms with Crippen LogP contribution < -0.4 is 5.32 Å². The molecule has 1 N–H and O–H groups in total. The van der Waals surface area contributed by atoms with Gasteiger partial charge in [-0.2, -0.15) is 13.2 Å². The van der Waals surface area contributed by atoms with Gasteiger partial charge in [-0.3, -0.25) is 0 Å². The summed E-state index contributed by atoms with van der Waals surface area (Å²) in [5.74, 6) is -0.856. The lowest BCUT2D eigenvalue weighted by Crippen LogP contribution is -2.05. The van der Waals surface area contributed by atoms with Crippen LogP contribution >= 0.6 is 0 Å². The molecule has 1 heterocycles. The molecule has 2 aromatic rings. The number of halogens is 4. The number of fused-ring (bicyclic) bond motifs is 1. The summed E-state index contributed by atoms with van der Waals surface area (Å²) >= 11 is 0. The molecular formula is C15H11F4N. The molecule has 0 saturated heterocycles. The Morgan fingerprint density at radius 3 is 2.35 bits per heavy atom. The van der Waals surface area contributed by atoms with E-state index >= 15 is 0 Å². The fraction of sp³-hybridized carbons (Fsp3) is 0.200. The minimum atomic E-state index is -4.53. The molecule has 1 aliphatic rings. The zero-order valence-electron chi connectivity index (χ0n) is 10.4. The summed E-state index contributed by atoms with van der Waals surface area (Å²) < 4.78 is 51.4. The molecule has 0 fully saturated rings. The summed E-state index contributed by atoms with van der Waals surface area (Å²) in [4.78, 5) is 0. The van der Waals surface area contributed by atoms with E-state index in [0.29, 0.717) is 18.2 Å². The summed E-state index contributed by atoms with van der Waals surface area (Å²) in [6, 6.07) is 8.06. The van der Waals surface area contributed by atoms with Gasteiger partial charge in [0.05, 0.1) is 5.56 Å². The Kier molecular flexibility index (Phi) is 3.01. The van der Waals surface area contributed by atoms with Crippen LogP contribution in [0.25, 0.3) is 11.1 Å². The average molecular weight is 281 g/mol. The van der Waals surface area contributed by atoms with Crippen molar-refractivity contribution in [3.63, 3.8) is 0 Å². The molecule has 0 aliphatic carbocycles. The zero-order chi connectivity index (χ0) is 14.3. The highest BCUT2D eigenvalue weighted by Gasteiger charge is 2.31. The number of alkyl halides is 3. The summed E-state index contributed by atoms with van der Waals surface area (Å²) in [6.45, 7) is 1.47. The Balaban J connectivity index is 2.03. The molecule has 3 rings (SSSR count). The second kappa shape index (κ2) is 4.59. The van der Waals surface area contributed by atoms with Gasteiger partial charge in [0.25, 0.3) is 0 Å². The maximum atomic E-state index is 13.9. The van der Waals surface area contributed by atoms with Crippen molar-refractivity contribution >= 4 is 0 Å². The van der Waals surface area contributed by atoms with Crippen molar-refractivity contribution in [3.05, 3.63) is 58.9 Å². The number of hydrogen-bond donors (Lipinski definition) is 1. The monoisotopic (exact) mass is 281 g/mol. The highest BCUT2D eigenvalue weighted by molar-refractivity contribution is 5.66. The molecule has 0 spiro atoms. The first-order valence-corrected chi connectivity index (χ1v) is 6.15. The van der Waals surface area contributed by atoms with Crippen LogP contribution in [0.4, 0.5) is 17.6 Å². The Morgan fingerprint density at radius 1 is 0.900 bits per heavy atom. The van der Waals surface area contributed by atoms with E-state index in [1.807, 2.05) is 12.1 Å². The van der Waals surface area contributed by atoms with E-state index in [1.54, 1.807) is 6.07 Å². The Hall–Kier alpha value is -1.88. The van der Waals surface area contributed by atoms with Crippen molar-refractivity contribution in [2.45, 2.75) is 19.3 Å². The van der Waals surface area contributed by atoms with Crippen LogP contribution in [0.3, 0.4) is 0 Å². The highest BCUT2D eigenvalue weighted by Crippen LogP contribution is 2.33. The van der Waals surface area contributed by atoms with Crippen molar-refractivity contribution in [1.82, 2.24) is 5.32 Å². The average Bonchev–Trinajstić information content (AvgIpc) is 2.84. The van der Waals surface area contributed by atoms with Crippen molar-refractivity contribution in [2.24, 2.45) is 0 Å². The van der Waals surface area contributed by atoms with Gasteiger partial charge in [0.1, 0.15) is 5.82 Å². The second-order valence-electron chi connectivity index (χ2n) is 4.78. The SMILES string of the molecule is Fc1cc(C(F)(F)F)ccc1-c1ccc2c(c1)CNC2. The predicted molar refractivity (Wildman–Crippen MR) is 67.4 cm³/mol. The van der Waals surface area contributed by atoms with E-state index in [0.717, 1.165) is 23.7 Å². The van der Waals surface area contributed by atoms with Crippen LogP contribution in [0.15, 0.2) is 36.4 Å². The topological polar surface area (TPSA) is 12.0 Å². The van der Waals surface area contributed by atoms with Crippen molar-refractivity contribution < 1.29 is 17.6 Å². The quantitative estimate of drug-likeness (QED) is 0.775. The van der Waals surface area contributed by atoms with E-state index in [2.05, 4.69) is 5.32 Å². The predicted octanol–water partition coefficient (Wildman–Crippen LogP) is 4.11. The van der Waals surface area contributed by atoms with E-state index < -0.39 is 17.6 Å². The van der Waals surface area contributed by atoms with E-state index in [4.69, 9.17) is 0 Å². The lowest BCUT2D eigenvalue weighted by atomic mass is 9.99. The first kappa shape index (κ1) is 13.1. The molecule has 2 aromatic carbocycles. The first-order valence-electron chi connectivity index (χ1n) is 6.15. The van der Waals surface area contributed by atoms with Crippen molar-refractivity contribution in [2.75, 3.05) is 0 Å². The molecule has 1 aliphatic heterocycles. The molecule has 104 valence electrons. The maximum Gasteiger partial charge on any atom is 0.416 e. The van der Waals surface area contributed by atoms with Gasteiger partial charge in [-0.15, -0.1) is 0 Å². The molecule has 0 bridgehead atoms. The molecule has 0 radical (unpaired) electrons. The summed E-state index contributed by atoms with van der Waals surface area (Å²) in [6.07, 6.45) is -4.53. The molecule has 0 unspecified atom stereocenters. The fourth-order valence-electron chi connectivity index (χ4n) is 2.39. The van der Waals surface area contributed by atoms with Gasteiger partial charge in [0.15, 0.2) is 0 Å². The van der Waals surface area contributed by atoms with Gasteiger partial charge in [0.2, 0.25) is 0 Å². The van der Waals surface area contributed by atoms with Crippen LogP contribution in [0, 0.1) is 5.82 Å². The zero-order valence-corrected chi connectivity index (χ0v) is 10.4. The number of hydrogen-bond acceptors (Lipinski definition) is 1. The molecule has 1 nitrogen and oxygen atoms in total. The van der Waals surface area contributed by atoms with Crippen molar-refractivity contribution in [3.8, 4) is 11.1 Å². The Labute approximate surface area is 113 Å². The van der Waals surface area contributed by atoms with E-state index in [9.17, 15) is 17.6 Å². The minimum Gasteiger partial charge on any atom is -0.309 e. The van der Waals surface area contributed by atoms with Crippen LogP contribution in [-0.2, 0) is 19.3 Å². The molecule has 20 heavy (non-hydrogen) atoms. The first-order chi connectivity index (χ1) is 9.45. The molecule has 0 aromatic heterocycles. The lowest BCUT2D eigenvalue weighted by Gasteiger charge is -2.10. The van der Waals surface area contributed by atoms with Crippen molar-refractivity contribution in [1.29, 1.82) is 0 Å².